The van der Waals surface area contributed by atoms with Crippen LogP contribution in [0.15, 0.2) is 12.3 Å². The molecule has 0 spiro atoms. The van der Waals surface area contributed by atoms with Gasteiger partial charge in [-0.05, 0) is 26.8 Å². The zero-order valence-corrected chi connectivity index (χ0v) is 9.35. The molecule has 3 N–H and O–H groups in total. The summed E-state index contributed by atoms with van der Waals surface area (Å²) in [4.78, 5) is 0.326. The van der Waals surface area contributed by atoms with Gasteiger partial charge in [0.1, 0.15) is 4.99 Å². The van der Waals surface area contributed by atoms with Crippen LogP contribution in [-0.4, -0.2) is 20.7 Å². The summed E-state index contributed by atoms with van der Waals surface area (Å²) in [6, 6.07) is 1.75. The van der Waals surface area contributed by atoms with E-state index in [1.165, 1.54) is 0 Å². The molecule has 1 heterocycles. The maximum Gasteiger partial charge on any atom is 0.159 e. The molecule has 0 atom stereocenters. The molecule has 1 aromatic rings. The van der Waals surface area contributed by atoms with Crippen molar-refractivity contribution in [3.05, 3.63) is 17.8 Å². The fourth-order valence-electron chi connectivity index (χ4n) is 0.978. The first-order chi connectivity index (χ1) is 6.40. The van der Waals surface area contributed by atoms with Crippen molar-refractivity contribution >= 4 is 23.0 Å². The number of nitrogens with one attached hydrogen (secondary N) is 1. The van der Waals surface area contributed by atoms with Crippen molar-refractivity contribution in [2.75, 3.05) is 5.32 Å². The Hall–Kier alpha value is -1.23. The fourth-order valence-corrected chi connectivity index (χ4v) is 1.14. The molecule has 0 aliphatic carbocycles. The lowest BCUT2D eigenvalue weighted by molar-refractivity contribution is 0.628. The van der Waals surface area contributed by atoms with E-state index in [1.54, 1.807) is 12.3 Å². The number of nitrogens with zero attached hydrogens (tertiary/aromatic N) is 2. The first kappa shape index (κ1) is 10.8. The van der Waals surface area contributed by atoms with Crippen molar-refractivity contribution in [3.8, 4) is 0 Å². The molecule has 0 radical (unpaired) electrons. The van der Waals surface area contributed by atoms with Crippen molar-refractivity contribution in [3.63, 3.8) is 0 Å². The Bertz CT molecular complexity index is 343. The van der Waals surface area contributed by atoms with Crippen molar-refractivity contribution in [2.24, 2.45) is 5.73 Å². The van der Waals surface area contributed by atoms with Crippen LogP contribution in [0.2, 0.25) is 0 Å². The van der Waals surface area contributed by atoms with Crippen LogP contribution in [0.4, 0.5) is 5.82 Å². The number of thiocarbonyl (C=S) groups is 1. The maximum atomic E-state index is 5.56. The topological polar surface area (TPSA) is 63.8 Å². The van der Waals surface area contributed by atoms with Crippen molar-refractivity contribution in [1.82, 2.24) is 10.2 Å². The van der Waals surface area contributed by atoms with Gasteiger partial charge in [0.05, 0.1) is 11.8 Å². The Morgan fingerprint density at radius 2 is 2.14 bits per heavy atom. The van der Waals surface area contributed by atoms with Crippen molar-refractivity contribution < 1.29 is 0 Å². The van der Waals surface area contributed by atoms with Crippen molar-refractivity contribution in [1.29, 1.82) is 0 Å². The second-order valence-corrected chi connectivity index (χ2v) is 4.47. The van der Waals surface area contributed by atoms with Crippen LogP contribution in [0.3, 0.4) is 0 Å². The summed E-state index contributed by atoms with van der Waals surface area (Å²) in [7, 11) is 0. The molecule has 1 rings (SSSR count). The number of rotatable bonds is 2. The Kier molecular flexibility index (Phi) is 3.00. The molecule has 0 unspecified atom stereocenters. The zero-order valence-electron chi connectivity index (χ0n) is 8.53. The minimum absolute atomic E-state index is 0.0877. The monoisotopic (exact) mass is 210 g/mol. The number of hydrogen-bond acceptors (Lipinski definition) is 4. The van der Waals surface area contributed by atoms with Crippen LogP contribution < -0.4 is 11.1 Å². The number of nitrogens with two attached hydrogens (primary N) is 1. The standard InChI is InChI=1S/C9H14N4S/c1-9(2,3)12-8-6(7(10)14)4-5-11-13-8/h4-5H,1-3H3,(H2,10,14)(H,12,13). The Labute approximate surface area is 88.9 Å². The third-order valence-corrected chi connectivity index (χ3v) is 1.70. The predicted octanol–water partition coefficient (Wildman–Crippen LogP) is 1.32. The van der Waals surface area contributed by atoms with Gasteiger partial charge < -0.3 is 11.1 Å². The highest BCUT2D eigenvalue weighted by molar-refractivity contribution is 7.80. The van der Waals surface area contributed by atoms with Crippen LogP contribution >= 0.6 is 12.2 Å². The highest BCUT2D eigenvalue weighted by Crippen LogP contribution is 2.15. The summed E-state index contributed by atoms with van der Waals surface area (Å²) in [5, 5.41) is 10.9. The SMILES string of the molecule is CC(C)(C)Nc1nnccc1C(N)=S. The first-order valence-corrected chi connectivity index (χ1v) is 4.70. The molecular formula is C9H14N4S. The molecule has 0 aliphatic heterocycles. The summed E-state index contributed by atoms with van der Waals surface area (Å²) in [6.45, 7) is 6.10. The lowest BCUT2D eigenvalue weighted by Gasteiger charge is -2.22. The normalized spacial score (nSPS) is 11.1. The van der Waals surface area contributed by atoms with Gasteiger partial charge in [-0.1, -0.05) is 12.2 Å². The third kappa shape index (κ3) is 2.92. The number of hydrogen-bond donors (Lipinski definition) is 2. The van der Waals surface area contributed by atoms with Crippen LogP contribution in [0.25, 0.3) is 0 Å². The molecule has 1 aromatic heterocycles. The maximum absolute atomic E-state index is 5.56. The van der Waals surface area contributed by atoms with Crippen LogP contribution in [0.1, 0.15) is 26.3 Å². The van der Waals surface area contributed by atoms with E-state index >= 15 is 0 Å². The van der Waals surface area contributed by atoms with Crippen LogP contribution in [-0.2, 0) is 0 Å². The lowest BCUT2D eigenvalue weighted by Crippen LogP contribution is -2.28. The van der Waals surface area contributed by atoms with E-state index in [-0.39, 0.29) is 5.54 Å². The highest BCUT2D eigenvalue weighted by Gasteiger charge is 2.14. The fraction of sp³-hybridized carbons (Fsp3) is 0.444. The molecular weight excluding hydrogens is 196 g/mol. The molecule has 0 bridgehead atoms. The average molecular weight is 210 g/mol. The number of anilines is 1. The molecule has 0 fully saturated rings. The quantitative estimate of drug-likeness (QED) is 0.721. The van der Waals surface area contributed by atoms with Gasteiger partial charge in [-0.25, -0.2) is 0 Å². The lowest BCUT2D eigenvalue weighted by atomic mass is 10.1. The van der Waals surface area contributed by atoms with Crippen molar-refractivity contribution in [2.45, 2.75) is 26.3 Å². The molecule has 76 valence electrons. The van der Waals surface area contributed by atoms with E-state index in [1.807, 2.05) is 20.8 Å². The van der Waals surface area contributed by atoms with Gasteiger partial charge in [0.15, 0.2) is 5.82 Å². The van der Waals surface area contributed by atoms with Gasteiger partial charge in [0.25, 0.3) is 0 Å². The largest absolute Gasteiger partial charge is 0.389 e. The van der Waals surface area contributed by atoms with Gasteiger partial charge in [-0.15, -0.1) is 5.10 Å². The van der Waals surface area contributed by atoms with Crippen LogP contribution in [0.5, 0.6) is 0 Å². The van der Waals surface area contributed by atoms with E-state index in [0.29, 0.717) is 10.8 Å². The van der Waals surface area contributed by atoms with Gasteiger partial charge in [-0.2, -0.15) is 5.10 Å². The molecule has 14 heavy (non-hydrogen) atoms. The molecule has 0 aromatic carbocycles. The highest BCUT2D eigenvalue weighted by atomic mass is 32.1. The zero-order chi connectivity index (χ0) is 10.8. The van der Waals surface area contributed by atoms with Gasteiger partial charge in [0, 0.05) is 5.54 Å². The summed E-state index contributed by atoms with van der Waals surface area (Å²) in [5.41, 5.74) is 6.20. The van der Waals surface area contributed by atoms with Gasteiger partial charge in [0.2, 0.25) is 0 Å². The number of aromatic nitrogens is 2. The second kappa shape index (κ2) is 3.88. The Morgan fingerprint density at radius 1 is 1.50 bits per heavy atom. The van der Waals surface area contributed by atoms with Gasteiger partial charge in [-0.3, -0.25) is 0 Å². The molecule has 4 nitrogen and oxygen atoms in total. The molecule has 0 saturated heterocycles. The molecule has 5 heteroatoms. The minimum Gasteiger partial charge on any atom is -0.389 e. The molecule has 0 amide bonds. The van der Waals surface area contributed by atoms with E-state index in [2.05, 4.69) is 15.5 Å². The Morgan fingerprint density at radius 3 is 2.64 bits per heavy atom. The van der Waals surface area contributed by atoms with Crippen LogP contribution in [0, 0.1) is 0 Å². The van der Waals surface area contributed by atoms with E-state index < -0.39 is 0 Å². The third-order valence-electron chi connectivity index (χ3n) is 1.48. The first-order valence-electron chi connectivity index (χ1n) is 4.30. The van der Waals surface area contributed by atoms with Gasteiger partial charge >= 0.3 is 0 Å². The summed E-state index contributed by atoms with van der Waals surface area (Å²) in [6.07, 6.45) is 1.57. The predicted molar refractivity (Wildman–Crippen MR) is 61.3 cm³/mol. The van der Waals surface area contributed by atoms with E-state index in [4.69, 9.17) is 18.0 Å². The molecule has 0 saturated carbocycles. The minimum atomic E-state index is -0.0877. The van der Waals surface area contributed by atoms with E-state index in [9.17, 15) is 0 Å². The van der Waals surface area contributed by atoms with E-state index in [0.717, 1.165) is 5.56 Å². The average Bonchev–Trinajstić information content (AvgIpc) is 2.01. The summed E-state index contributed by atoms with van der Waals surface area (Å²) in [5.74, 6) is 0.632. The Balaban J connectivity index is 3.02. The summed E-state index contributed by atoms with van der Waals surface area (Å²) < 4.78 is 0. The second-order valence-electron chi connectivity index (χ2n) is 4.03. The smallest absolute Gasteiger partial charge is 0.159 e. The summed E-state index contributed by atoms with van der Waals surface area (Å²) >= 11 is 4.91. The molecule has 0 aliphatic rings.